The van der Waals surface area contributed by atoms with Gasteiger partial charge in [-0.05, 0) is 59.5 Å². The zero-order valence-corrected chi connectivity index (χ0v) is 19.4. The Balaban J connectivity index is 1.72. The molecule has 0 aromatic heterocycles. The molecule has 0 saturated carbocycles. The van der Waals surface area contributed by atoms with Crippen LogP contribution in [0.25, 0.3) is 0 Å². The summed E-state index contributed by atoms with van der Waals surface area (Å²) in [6.07, 6.45) is 0.713. The monoisotopic (exact) mass is 470 g/mol. The lowest BCUT2D eigenvalue weighted by atomic mass is 9.95. The van der Waals surface area contributed by atoms with Crippen LogP contribution in [0, 0.1) is 0 Å². The van der Waals surface area contributed by atoms with E-state index in [-0.39, 0.29) is 18.5 Å². The van der Waals surface area contributed by atoms with Crippen molar-refractivity contribution < 1.29 is 14.3 Å². The summed E-state index contributed by atoms with van der Waals surface area (Å²) in [5.41, 5.74) is 3.68. The van der Waals surface area contributed by atoms with Crippen molar-refractivity contribution in [2.75, 3.05) is 32.6 Å². The summed E-state index contributed by atoms with van der Waals surface area (Å²) < 4.78 is 10.8. The number of ether oxygens (including phenoxy) is 2. The van der Waals surface area contributed by atoms with Crippen LogP contribution in [-0.4, -0.2) is 38.1 Å². The van der Waals surface area contributed by atoms with E-state index in [4.69, 9.17) is 32.7 Å². The Morgan fingerprint density at radius 2 is 1.75 bits per heavy atom. The second kappa shape index (κ2) is 9.82. The number of hydrogen-bond donors (Lipinski definition) is 1. The Kier molecular flexibility index (Phi) is 6.89. The lowest BCUT2D eigenvalue weighted by Gasteiger charge is -2.31. The maximum Gasteiger partial charge on any atom is 0.238 e. The number of anilines is 1. The van der Waals surface area contributed by atoms with Crippen molar-refractivity contribution in [2.45, 2.75) is 12.5 Å². The normalized spacial score (nSPS) is 16.1. The van der Waals surface area contributed by atoms with Gasteiger partial charge in [-0.15, -0.1) is 0 Å². The van der Waals surface area contributed by atoms with E-state index in [1.165, 1.54) is 0 Å². The van der Waals surface area contributed by atoms with Crippen molar-refractivity contribution in [1.82, 2.24) is 4.90 Å². The topological polar surface area (TPSA) is 50.8 Å². The van der Waals surface area contributed by atoms with Gasteiger partial charge in [-0.3, -0.25) is 9.69 Å². The first-order valence-corrected chi connectivity index (χ1v) is 11.0. The van der Waals surface area contributed by atoms with Crippen LogP contribution < -0.4 is 14.8 Å². The van der Waals surface area contributed by atoms with Gasteiger partial charge in [0.1, 0.15) is 0 Å². The number of hydrogen-bond acceptors (Lipinski definition) is 4. The zero-order valence-electron chi connectivity index (χ0n) is 17.9. The van der Waals surface area contributed by atoms with E-state index in [1.54, 1.807) is 20.3 Å². The highest BCUT2D eigenvalue weighted by Crippen LogP contribution is 2.40. The van der Waals surface area contributed by atoms with Gasteiger partial charge in [0.25, 0.3) is 0 Å². The first-order chi connectivity index (χ1) is 15.5. The van der Waals surface area contributed by atoms with Crippen molar-refractivity contribution in [1.29, 1.82) is 0 Å². The smallest absolute Gasteiger partial charge is 0.238 e. The van der Waals surface area contributed by atoms with Gasteiger partial charge in [-0.25, -0.2) is 0 Å². The molecule has 1 unspecified atom stereocenters. The molecule has 0 spiro atoms. The van der Waals surface area contributed by atoms with Crippen molar-refractivity contribution >= 4 is 34.8 Å². The number of rotatable bonds is 6. The maximum atomic E-state index is 12.7. The molecule has 32 heavy (non-hydrogen) atoms. The number of nitrogens with one attached hydrogen (secondary N) is 1. The number of carbonyl (C=O) groups is 1. The third-order valence-electron chi connectivity index (χ3n) is 5.63. The van der Waals surface area contributed by atoms with Gasteiger partial charge in [-0.1, -0.05) is 47.5 Å². The van der Waals surface area contributed by atoms with E-state index >= 15 is 0 Å². The molecule has 0 fully saturated rings. The molecule has 4 rings (SSSR count). The van der Waals surface area contributed by atoms with Gasteiger partial charge in [0.2, 0.25) is 5.91 Å². The number of fused-ring (bicyclic) bond motifs is 1. The third kappa shape index (κ3) is 4.70. The standard InChI is InChI=1S/C25H24Cl2N2O3/c1-31-22-10-7-16(13-23(22)32-2)11-12-29-15-24(30)28-21-9-8-17(26)14-19(21)25(29)18-5-3-4-6-20(18)27/h3-10,13-14,25H,11-12,15H2,1-2H3,(H,28,30). The van der Waals surface area contributed by atoms with Gasteiger partial charge in [-0.2, -0.15) is 0 Å². The summed E-state index contributed by atoms with van der Waals surface area (Å²) in [5.74, 6) is 1.29. The lowest BCUT2D eigenvalue weighted by molar-refractivity contribution is -0.117. The van der Waals surface area contributed by atoms with Crippen LogP contribution in [0.4, 0.5) is 5.69 Å². The van der Waals surface area contributed by atoms with Crippen LogP contribution in [-0.2, 0) is 11.2 Å². The Morgan fingerprint density at radius 3 is 2.50 bits per heavy atom. The van der Waals surface area contributed by atoms with Crippen LogP contribution >= 0.6 is 23.2 Å². The molecule has 0 radical (unpaired) electrons. The SMILES string of the molecule is COc1ccc(CCN2CC(=O)Nc3ccc(Cl)cc3C2c2ccccc2Cl)cc1OC. The summed E-state index contributed by atoms with van der Waals surface area (Å²) in [6.45, 7) is 0.861. The van der Waals surface area contributed by atoms with E-state index in [0.29, 0.717) is 34.5 Å². The molecular formula is C25H24Cl2N2O3. The van der Waals surface area contributed by atoms with Crippen LogP contribution in [0.2, 0.25) is 10.0 Å². The zero-order chi connectivity index (χ0) is 22.7. The highest BCUT2D eigenvalue weighted by atomic mass is 35.5. The fourth-order valence-electron chi connectivity index (χ4n) is 4.11. The first kappa shape index (κ1) is 22.5. The molecule has 3 aromatic rings. The Hall–Kier alpha value is -2.73. The molecule has 1 amide bonds. The van der Waals surface area contributed by atoms with Crippen molar-refractivity contribution in [3.8, 4) is 11.5 Å². The molecule has 1 N–H and O–H groups in total. The van der Waals surface area contributed by atoms with Gasteiger partial charge in [0.15, 0.2) is 11.5 Å². The van der Waals surface area contributed by atoms with Gasteiger partial charge in [0.05, 0.1) is 26.8 Å². The van der Waals surface area contributed by atoms with Gasteiger partial charge >= 0.3 is 0 Å². The van der Waals surface area contributed by atoms with E-state index < -0.39 is 0 Å². The Bertz CT molecular complexity index is 1140. The molecule has 3 aromatic carbocycles. The molecule has 0 bridgehead atoms. The molecule has 1 heterocycles. The first-order valence-electron chi connectivity index (χ1n) is 10.3. The molecular weight excluding hydrogens is 447 g/mol. The highest BCUT2D eigenvalue weighted by molar-refractivity contribution is 6.31. The number of benzene rings is 3. The number of nitrogens with zero attached hydrogens (tertiary/aromatic N) is 1. The van der Waals surface area contributed by atoms with E-state index in [2.05, 4.69) is 10.2 Å². The minimum atomic E-state index is -0.225. The van der Waals surface area contributed by atoms with Gasteiger partial charge in [0, 0.05) is 22.3 Å². The van der Waals surface area contributed by atoms with Crippen molar-refractivity contribution in [3.63, 3.8) is 0 Å². The van der Waals surface area contributed by atoms with E-state index in [1.807, 2.05) is 54.6 Å². The molecule has 5 nitrogen and oxygen atoms in total. The van der Waals surface area contributed by atoms with E-state index in [0.717, 1.165) is 22.4 Å². The van der Waals surface area contributed by atoms with Crippen LogP contribution in [0.15, 0.2) is 60.7 Å². The summed E-state index contributed by atoms with van der Waals surface area (Å²) in [7, 11) is 3.24. The predicted octanol–water partition coefficient (Wildman–Crippen LogP) is 5.60. The van der Waals surface area contributed by atoms with Crippen molar-refractivity contribution in [2.24, 2.45) is 0 Å². The number of carbonyl (C=O) groups excluding carboxylic acids is 1. The van der Waals surface area contributed by atoms with Gasteiger partial charge < -0.3 is 14.8 Å². The molecule has 1 aliphatic heterocycles. The Labute approximate surface area is 197 Å². The Morgan fingerprint density at radius 1 is 0.969 bits per heavy atom. The largest absolute Gasteiger partial charge is 0.493 e. The van der Waals surface area contributed by atoms with Crippen LogP contribution in [0.3, 0.4) is 0 Å². The average Bonchev–Trinajstić information content (AvgIpc) is 2.93. The molecule has 1 aliphatic rings. The molecule has 0 aliphatic carbocycles. The number of methoxy groups -OCH3 is 2. The second-order valence-corrected chi connectivity index (χ2v) is 8.46. The summed E-state index contributed by atoms with van der Waals surface area (Å²) >= 11 is 13.0. The molecule has 1 atom stereocenters. The summed E-state index contributed by atoms with van der Waals surface area (Å²) in [5, 5.41) is 4.27. The third-order valence-corrected chi connectivity index (χ3v) is 6.21. The molecule has 166 valence electrons. The average molecular weight is 471 g/mol. The minimum Gasteiger partial charge on any atom is -0.493 e. The van der Waals surface area contributed by atoms with Crippen LogP contribution in [0.5, 0.6) is 11.5 Å². The quantitative estimate of drug-likeness (QED) is 0.509. The van der Waals surface area contributed by atoms with Crippen LogP contribution in [0.1, 0.15) is 22.7 Å². The highest BCUT2D eigenvalue weighted by Gasteiger charge is 2.31. The van der Waals surface area contributed by atoms with E-state index in [9.17, 15) is 4.79 Å². The second-order valence-electron chi connectivity index (χ2n) is 7.61. The fourth-order valence-corrected chi connectivity index (χ4v) is 4.53. The number of halogens is 2. The molecule has 7 heteroatoms. The summed E-state index contributed by atoms with van der Waals surface area (Å²) in [4.78, 5) is 14.9. The summed E-state index contributed by atoms with van der Waals surface area (Å²) in [6, 6.07) is 18.9. The lowest BCUT2D eigenvalue weighted by Crippen LogP contribution is -2.35. The van der Waals surface area contributed by atoms with Crippen molar-refractivity contribution in [3.05, 3.63) is 87.4 Å². The minimum absolute atomic E-state index is 0.0737. The number of amides is 1. The maximum absolute atomic E-state index is 12.7. The fraction of sp³-hybridized carbons (Fsp3) is 0.240. The molecule has 0 saturated heterocycles. The predicted molar refractivity (Wildman–Crippen MR) is 128 cm³/mol.